The normalized spacial score (nSPS) is 23.8. The fraction of sp³-hybridized carbons (Fsp3) is 0.562. The molecule has 1 fully saturated rings. The zero-order chi connectivity index (χ0) is 18.0. The third kappa shape index (κ3) is 3.95. The van der Waals surface area contributed by atoms with Gasteiger partial charge in [-0.05, 0) is 31.7 Å². The largest absolute Gasteiger partial charge is 0.508 e. The number of carbonyl (C=O) groups is 1. The number of rotatable bonds is 4. The van der Waals surface area contributed by atoms with Gasteiger partial charge in [-0.1, -0.05) is 23.2 Å². The number of hydrogen-bond acceptors (Lipinski definition) is 5. The second kappa shape index (κ2) is 7.89. The lowest BCUT2D eigenvalue weighted by molar-refractivity contribution is -0.146. The summed E-state index contributed by atoms with van der Waals surface area (Å²) in [5, 5.41) is 29.1. The summed E-state index contributed by atoms with van der Waals surface area (Å²) in [5.41, 5.74) is 6.83. The number of phenols is 1. The van der Waals surface area contributed by atoms with Gasteiger partial charge >= 0.3 is 0 Å². The zero-order valence-corrected chi connectivity index (χ0v) is 14.8. The molecule has 24 heavy (non-hydrogen) atoms. The van der Waals surface area contributed by atoms with Gasteiger partial charge in [-0.3, -0.25) is 4.79 Å². The molecule has 2 unspecified atom stereocenters. The average Bonchev–Trinajstić information content (AvgIpc) is 2.56. The molecule has 0 aliphatic carbocycles. The Morgan fingerprint density at radius 3 is 2.62 bits per heavy atom. The maximum absolute atomic E-state index is 12.0. The molecule has 4 atom stereocenters. The number of piperidine rings is 1. The van der Waals surface area contributed by atoms with Gasteiger partial charge < -0.3 is 26.0 Å². The van der Waals surface area contributed by atoms with E-state index in [4.69, 9.17) is 34.0 Å². The van der Waals surface area contributed by atoms with Crippen LogP contribution in [0.15, 0.2) is 12.1 Å². The van der Waals surface area contributed by atoms with E-state index in [9.17, 15) is 15.0 Å². The van der Waals surface area contributed by atoms with E-state index in [0.717, 1.165) is 0 Å². The van der Waals surface area contributed by atoms with Gasteiger partial charge in [0.2, 0.25) is 0 Å². The fourth-order valence-electron chi connectivity index (χ4n) is 3.20. The quantitative estimate of drug-likeness (QED) is 0.639. The van der Waals surface area contributed by atoms with Gasteiger partial charge in [-0.15, -0.1) is 0 Å². The molecule has 1 aliphatic rings. The van der Waals surface area contributed by atoms with Gasteiger partial charge in [0, 0.05) is 30.3 Å². The van der Waals surface area contributed by atoms with Crippen LogP contribution in [0.4, 0.5) is 0 Å². The van der Waals surface area contributed by atoms with E-state index in [1.54, 1.807) is 11.0 Å². The minimum Gasteiger partial charge on any atom is -0.508 e. The highest BCUT2D eigenvalue weighted by atomic mass is 35.5. The molecule has 1 aliphatic heterocycles. The smallest absolute Gasteiger partial charge is 0.254 e. The molecule has 2 rings (SSSR count). The van der Waals surface area contributed by atoms with Crippen LogP contribution >= 0.6 is 23.2 Å². The highest BCUT2D eigenvalue weighted by molar-refractivity contribution is 6.42. The molecule has 1 aromatic rings. The lowest BCUT2D eigenvalue weighted by atomic mass is 9.82. The zero-order valence-electron chi connectivity index (χ0n) is 13.3. The number of benzene rings is 1. The van der Waals surface area contributed by atoms with E-state index in [1.165, 1.54) is 6.07 Å². The predicted octanol–water partition coefficient (Wildman–Crippen LogP) is 1.68. The first-order valence-electron chi connectivity index (χ1n) is 7.79. The van der Waals surface area contributed by atoms with Crippen LogP contribution in [0.3, 0.4) is 0 Å². The number of aliphatic hydroxyl groups is 2. The Hall–Kier alpha value is -1.05. The van der Waals surface area contributed by atoms with E-state index < -0.39 is 24.7 Å². The van der Waals surface area contributed by atoms with Crippen molar-refractivity contribution in [2.24, 2.45) is 11.7 Å². The second-order valence-corrected chi connectivity index (χ2v) is 7.03. The van der Waals surface area contributed by atoms with Crippen molar-refractivity contribution in [1.82, 2.24) is 4.90 Å². The van der Waals surface area contributed by atoms with Crippen LogP contribution in [0.5, 0.6) is 5.75 Å². The highest BCUT2D eigenvalue weighted by Crippen LogP contribution is 2.38. The molecule has 0 spiro atoms. The Labute approximate surface area is 150 Å². The van der Waals surface area contributed by atoms with Gasteiger partial charge in [0.25, 0.3) is 5.91 Å². The number of carbonyl (C=O) groups excluding carboxylic acids is 1. The Balaban J connectivity index is 2.10. The topological polar surface area (TPSA) is 107 Å². The van der Waals surface area contributed by atoms with Crippen LogP contribution < -0.4 is 5.73 Å². The Morgan fingerprint density at radius 2 is 2.04 bits per heavy atom. The third-order valence-corrected chi connectivity index (χ3v) is 5.32. The third-order valence-electron chi connectivity index (χ3n) is 4.59. The van der Waals surface area contributed by atoms with E-state index in [1.807, 2.05) is 6.92 Å². The van der Waals surface area contributed by atoms with Gasteiger partial charge in [0.15, 0.2) is 6.10 Å². The van der Waals surface area contributed by atoms with Crippen LogP contribution in [-0.2, 0) is 4.79 Å². The summed E-state index contributed by atoms with van der Waals surface area (Å²) in [6.45, 7) is 1.70. The van der Waals surface area contributed by atoms with Crippen molar-refractivity contribution in [1.29, 1.82) is 0 Å². The summed E-state index contributed by atoms with van der Waals surface area (Å²) in [4.78, 5) is 13.6. The number of nitrogens with zero attached hydrogens (tertiary/aromatic N) is 1. The first kappa shape index (κ1) is 19.3. The summed E-state index contributed by atoms with van der Waals surface area (Å²) in [6, 6.07) is 2.37. The molecule has 1 heterocycles. The van der Waals surface area contributed by atoms with Crippen LogP contribution in [0, 0.1) is 5.92 Å². The molecule has 1 saturated heterocycles. The van der Waals surface area contributed by atoms with Crippen LogP contribution in [-0.4, -0.2) is 51.4 Å². The molecule has 6 nitrogen and oxygen atoms in total. The maximum atomic E-state index is 12.0. The predicted molar refractivity (Wildman–Crippen MR) is 92.0 cm³/mol. The minimum atomic E-state index is -1.39. The summed E-state index contributed by atoms with van der Waals surface area (Å²) in [5.74, 6) is -0.438. The number of amides is 1. The van der Waals surface area contributed by atoms with E-state index in [0.29, 0.717) is 30.0 Å². The van der Waals surface area contributed by atoms with E-state index in [2.05, 4.69) is 0 Å². The molecule has 0 radical (unpaired) electrons. The monoisotopic (exact) mass is 376 g/mol. The van der Waals surface area contributed by atoms with Gasteiger partial charge in [-0.2, -0.15) is 0 Å². The second-order valence-electron chi connectivity index (χ2n) is 6.21. The lowest BCUT2D eigenvalue weighted by Crippen LogP contribution is -2.50. The summed E-state index contributed by atoms with van der Waals surface area (Å²) in [6.07, 6.45) is -0.156. The Kier molecular flexibility index (Phi) is 6.33. The molecule has 5 N–H and O–H groups in total. The number of likely N-dealkylation sites (tertiary alicyclic amines) is 1. The van der Waals surface area contributed by atoms with Crippen LogP contribution in [0.1, 0.15) is 31.4 Å². The standard InChI is InChI=1S/C16H22Cl2N2O4/c1-8-4-9(2-3-20(8)16(24)14(23)7-21)15(19)10-5-11(17)12(18)6-13(10)22/h5-6,8-9,14-15,21-23H,2-4,7,19H2,1H3/t8-,9+,14?,15?/m1/s1. The fourth-order valence-corrected chi connectivity index (χ4v) is 3.53. The Morgan fingerprint density at radius 1 is 1.42 bits per heavy atom. The number of aromatic hydroxyl groups is 1. The number of phenolic OH excluding ortho intramolecular Hbond substituents is 1. The Bertz CT molecular complexity index is 614. The van der Waals surface area contributed by atoms with Gasteiger partial charge in [0.1, 0.15) is 5.75 Å². The van der Waals surface area contributed by atoms with E-state index >= 15 is 0 Å². The number of hydrogen-bond donors (Lipinski definition) is 4. The van der Waals surface area contributed by atoms with Crippen molar-refractivity contribution in [3.05, 3.63) is 27.7 Å². The molecule has 1 aromatic carbocycles. The molecule has 0 aromatic heterocycles. The van der Waals surface area contributed by atoms with Crippen molar-refractivity contribution in [2.75, 3.05) is 13.2 Å². The molecule has 1 amide bonds. The first-order valence-corrected chi connectivity index (χ1v) is 8.54. The molecule has 134 valence electrons. The number of nitrogens with two attached hydrogens (primary N) is 1. The molecular weight excluding hydrogens is 355 g/mol. The number of halogens is 2. The molecule has 8 heteroatoms. The summed E-state index contributed by atoms with van der Waals surface area (Å²) < 4.78 is 0. The van der Waals surface area contributed by atoms with E-state index in [-0.39, 0.29) is 22.7 Å². The molecular formula is C16H22Cl2N2O4. The van der Waals surface area contributed by atoms with Crippen molar-refractivity contribution in [3.63, 3.8) is 0 Å². The molecule has 0 saturated carbocycles. The van der Waals surface area contributed by atoms with Crippen LogP contribution in [0.2, 0.25) is 10.0 Å². The van der Waals surface area contributed by atoms with Crippen molar-refractivity contribution in [2.45, 2.75) is 38.0 Å². The average molecular weight is 377 g/mol. The maximum Gasteiger partial charge on any atom is 0.254 e. The number of aliphatic hydroxyl groups excluding tert-OH is 2. The first-order chi connectivity index (χ1) is 11.3. The summed E-state index contributed by atoms with van der Waals surface area (Å²) >= 11 is 11.9. The highest BCUT2D eigenvalue weighted by Gasteiger charge is 2.35. The van der Waals surface area contributed by atoms with Crippen molar-refractivity contribution < 1.29 is 20.1 Å². The lowest BCUT2D eigenvalue weighted by Gasteiger charge is -2.40. The minimum absolute atomic E-state index is 0.00115. The SMILES string of the molecule is C[C@@H]1C[C@@H](C(N)c2cc(Cl)c(Cl)cc2O)CCN1C(=O)C(O)CO. The van der Waals surface area contributed by atoms with Crippen molar-refractivity contribution >= 4 is 29.1 Å². The van der Waals surface area contributed by atoms with Crippen LogP contribution in [0.25, 0.3) is 0 Å². The summed E-state index contributed by atoms with van der Waals surface area (Å²) in [7, 11) is 0. The molecule has 0 bridgehead atoms. The van der Waals surface area contributed by atoms with Crippen molar-refractivity contribution in [3.8, 4) is 5.75 Å². The van der Waals surface area contributed by atoms with Gasteiger partial charge in [0.05, 0.1) is 16.7 Å². The van der Waals surface area contributed by atoms with Gasteiger partial charge in [-0.25, -0.2) is 0 Å².